The van der Waals surface area contributed by atoms with Crippen LogP contribution in [0.15, 0.2) is 41.2 Å². The van der Waals surface area contributed by atoms with E-state index in [0.29, 0.717) is 18.6 Å². The Labute approximate surface area is 205 Å². The third-order valence-electron chi connectivity index (χ3n) is 9.54. The molecule has 1 amide bonds. The predicted molar refractivity (Wildman–Crippen MR) is 129 cm³/mol. The van der Waals surface area contributed by atoms with Crippen LogP contribution in [-0.2, 0) is 16.6 Å². The zero-order valence-corrected chi connectivity index (χ0v) is 20.0. The molecule has 0 radical (unpaired) electrons. The summed E-state index contributed by atoms with van der Waals surface area (Å²) in [5.41, 5.74) is 1.44. The fourth-order valence-electron chi connectivity index (χ4n) is 7.67. The lowest BCUT2D eigenvalue weighted by Gasteiger charge is -2.64. The zero-order chi connectivity index (χ0) is 23.9. The van der Waals surface area contributed by atoms with E-state index in [-0.39, 0.29) is 23.7 Å². The Morgan fingerprint density at radius 1 is 1.26 bits per heavy atom. The molecule has 5 aliphatic rings. The number of ether oxygens (including phenoxy) is 1. The summed E-state index contributed by atoms with van der Waals surface area (Å²) in [6.45, 7) is 1.96. The number of nitrogens with zero attached hydrogens (tertiary/aromatic N) is 2. The first-order valence-corrected chi connectivity index (χ1v) is 12.9. The second-order valence-electron chi connectivity index (χ2n) is 11.2. The average molecular weight is 477 g/mol. The van der Waals surface area contributed by atoms with E-state index < -0.39 is 17.1 Å². The van der Waals surface area contributed by atoms with E-state index in [1.54, 1.807) is 35.6 Å². The third-order valence-corrected chi connectivity index (χ3v) is 9.54. The Balaban J connectivity index is 1.28. The van der Waals surface area contributed by atoms with Gasteiger partial charge in [0, 0.05) is 36.8 Å². The minimum absolute atomic E-state index is 0.0360. The molecule has 3 aliphatic carbocycles. The molecule has 35 heavy (non-hydrogen) atoms. The first-order valence-electron chi connectivity index (χ1n) is 12.9. The summed E-state index contributed by atoms with van der Waals surface area (Å²) >= 11 is 0. The maximum absolute atomic E-state index is 13.2. The van der Waals surface area contributed by atoms with Crippen molar-refractivity contribution in [1.82, 2.24) is 9.80 Å². The summed E-state index contributed by atoms with van der Waals surface area (Å²) in [4.78, 5) is 17.5. The summed E-state index contributed by atoms with van der Waals surface area (Å²) in [5, 5.41) is 23.3. The minimum atomic E-state index is -0.941. The Kier molecular flexibility index (Phi) is 4.53. The van der Waals surface area contributed by atoms with E-state index in [2.05, 4.69) is 4.90 Å². The Hall–Kier alpha value is -2.77. The van der Waals surface area contributed by atoms with Crippen molar-refractivity contribution in [3.8, 4) is 11.5 Å². The van der Waals surface area contributed by atoms with Crippen LogP contribution in [0.5, 0.6) is 11.5 Å². The van der Waals surface area contributed by atoms with Gasteiger partial charge in [0.05, 0.1) is 29.6 Å². The van der Waals surface area contributed by atoms with Gasteiger partial charge < -0.3 is 24.3 Å². The van der Waals surface area contributed by atoms with Gasteiger partial charge >= 0.3 is 0 Å². The summed E-state index contributed by atoms with van der Waals surface area (Å²) in [5.74, 6) is 1.28. The van der Waals surface area contributed by atoms with Gasteiger partial charge in [-0.2, -0.15) is 0 Å². The quantitative estimate of drug-likeness (QED) is 0.645. The SMILES string of the molecule is CN(C(=O)/C=C/c1ccoc1)[C@H]1CC[C@@]2(O)C3Cc4ccc(O)c5c4[C@@]2(CCN3CC2CC2)[C@H]1O5. The smallest absolute Gasteiger partial charge is 0.246 e. The van der Waals surface area contributed by atoms with Gasteiger partial charge in [-0.1, -0.05) is 6.07 Å². The third kappa shape index (κ3) is 2.88. The standard InChI is InChI=1S/C28H32N2O5/c1-29(23(32)7-4-18-9-13-34-16-18)20-8-10-28(33)22-14-19-5-6-21(31)25-24(19)27(28,26(20)35-25)11-12-30(22)15-17-2-3-17/h4-7,9,13,16-17,20,22,26,31,33H,2-3,8,10-12,14-15H2,1H3/b7-4+/t20-,22?,26-,27-,28+/m0/s1. The van der Waals surface area contributed by atoms with Crippen molar-refractivity contribution >= 4 is 12.0 Å². The zero-order valence-electron chi connectivity index (χ0n) is 20.0. The number of hydrogen-bond donors (Lipinski definition) is 2. The topological polar surface area (TPSA) is 86.4 Å². The fourth-order valence-corrected chi connectivity index (χ4v) is 7.67. The molecule has 2 aliphatic heterocycles. The number of benzene rings is 1. The highest BCUT2D eigenvalue weighted by Gasteiger charge is 2.73. The van der Waals surface area contributed by atoms with Crippen LogP contribution in [0, 0.1) is 5.92 Å². The van der Waals surface area contributed by atoms with Crippen LogP contribution in [0.25, 0.3) is 6.08 Å². The van der Waals surface area contributed by atoms with E-state index in [1.807, 2.05) is 19.2 Å². The van der Waals surface area contributed by atoms with Crippen LogP contribution in [0.3, 0.4) is 0 Å². The van der Waals surface area contributed by atoms with Gasteiger partial charge in [0.15, 0.2) is 11.5 Å². The molecule has 2 aromatic rings. The summed E-state index contributed by atoms with van der Waals surface area (Å²) < 4.78 is 11.7. The highest BCUT2D eigenvalue weighted by molar-refractivity contribution is 5.91. The van der Waals surface area contributed by atoms with Crippen molar-refractivity contribution < 1.29 is 24.2 Å². The van der Waals surface area contributed by atoms with Crippen molar-refractivity contribution in [3.05, 3.63) is 53.5 Å². The summed E-state index contributed by atoms with van der Waals surface area (Å²) in [6.07, 6.45) is 11.5. The maximum atomic E-state index is 13.2. The minimum Gasteiger partial charge on any atom is -0.504 e. The molecule has 2 bridgehead atoms. The van der Waals surface area contributed by atoms with E-state index in [9.17, 15) is 15.0 Å². The van der Waals surface area contributed by atoms with E-state index in [0.717, 1.165) is 43.0 Å². The van der Waals surface area contributed by atoms with Gasteiger partial charge in [0.25, 0.3) is 0 Å². The molecule has 184 valence electrons. The van der Waals surface area contributed by atoms with Gasteiger partial charge in [-0.25, -0.2) is 0 Å². The van der Waals surface area contributed by atoms with Gasteiger partial charge in [0.2, 0.25) is 5.91 Å². The lowest BCUT2D eigenvalue weighted by atomic mass is 9.48. The number of piperidine rings is 1. The maximum Gasteiger partial charge on any atom is 0.246 e. The first-order chi connectivity index (χ1) is 16.9. The number of carbonyl (C=O) groups excluding carboxylic acids is 1. The number of likely N-dealkylation sites (N-methyl/N-ethyl adjacent to an activating group) is 1. The van der Waals surface area contributed by atoms with Crippen molar-refractivity contribution in [2.75, 3.05) is 20.1 Å². The largest absolute Gasteiger partial charge is 0.504 e. The average Bonchev–Trinajstić information content (AvgIpc) is 3.36. The van der Waals surface area contributed by atoms with Gasteiger partial charge in [-0.05, 0) is 74.8 Å². The second kappa shape index (κ2) is 7.37. The molecule has 2 N–H and O–H groups in total. The number of aliphatic hydroxyl groups is 1. The number of rotatable bonds is 5. The molecule has 1 saturated heterocycles. The molecule has 1 aromatic carbocycles. The molecule has 5 atom stereocenters. The van der Waals surface area contributed by atoms with Crippen LogP contribution in [0.4, 0.5) is 0 Å². The number of likely N-dealkylation sites (tertiary alicyclic amines) is 1. The van der Waals surface area contributed by atoms with Gasteiger partial charge in [0.1, 0.15) is 6.10 Å². The lowest BCUT2D eigenvalue weighted by Crippen LogP contribution is -2.78. The highest BCUT2D eigenvalue weighted by Crippen LogP contribution is 2.66. The fraction of sp³-hybridized carbons (Fsp3) is 0.536. The number of aromatic hydroxyl groups is 1. The van der Waals surface area contributed by atoms with Crippen LogP contribution in [0.2, 0.25) is 0 Å². The highest BCUT2D eigenvalue weighted by atomic mass is 16.5. The number of furan rings is 1. The molecule has 1 spiro atoms. The molecule has 7 heteroatoms. The van der Waals surface area contributed by atoms with E-state index >= 15 is 0 Å². The molecule has 3 fully saturated rings. The number of amides is 1. The van der Waals surface area contributed by atoms with Crippen molar-refractivity contribution in [3.63, 3.8) is 0 Å². The van der Waals surface area contributed by atoms with Crippen LogP contribution >= 0.6 is 0 Å². The normalized spacial score (nSPS) is 35.1. The lowest BCUT2D eigenvalue weighted by molar-refractivity contribution is -0.200. The van der Waals surface area contributed by atoms with Crippen molar-refractivity contribution in [2.24, 2.45) is 5.92 Å². The molecule has 1 aromatic heterocycles. The molecule has 2 saturated carbocycles. The number of hydrogen-bond acceptors (Lipinski definition) is 6. The number of carbonyl (C=O) groups is 1. The summed E-state index contributed by atoms with van der Waals surface area (Å²) in [6, 6.07) is 5.38. The first kappa shape index (κ1) is 21.5. The molecule has 7 rings (SSSR count). The Bertz CT molecular complexity index is 1200. The van der Waals surface area contributed by atoms with Crippen LogP contribution < -0.4 is 4.74 Å². The van der Waals surface area contributed by atoms with Crippen LogP contribution in [0.1, 0.15) is 48.8 Å². The van der Waals surface area contributed by atoms with Crippen LogP contribution in [-0.4, -0.2) is 69.8 Å². The van der Waals surface area contributed by atoms with Gasteiger partial charge in [-0.3, -0.25) is 9.69 Å². The van der Waals surface area contributed by atoms with Gasteiger partial charge in [-0.15, -0.1) is 0 Å². The summed E-state index contributed by atoms with van der Waals surface area (Å²) in [7, 11) is 1.82. The van der Waals surface area contributed by atoms with Crippen molar-refractivity contribution in [1.29, 1.82) is 0 Å². The predicted octanol–water partition coefficient (Wildman–Crippen LogP) is 3.09. The Morgan fingerprint density at radius 2 is 2.11 bits per heavy atom. The van der Waals surface area contributed by atoms with Crippen molar-refractivity contribution in [2.45, 2.75) is 67.7 Å². The number of phenols is 1. The number of phenolic OH excluding ortho intramolecular Hbond substituents is 1. The molecule has 1 unspecified atom stereocenters. The second-order valence-corrected chi connectivity index (χ2v) is 11.2. The van der Waals surface area contributed by atoms with E-state index in [4.69, 9.17) is 9.15 Å². The monoisotopic (exact) mass is 476 g/mol. The molecule has 7 nitrogen and oxygen atoms in total. The van der Waals surface area contributed by atoms with E-state index in [1.165, 1.54) is 18.4 Å². The molecular formula is C28H32N2O5. The Morgan fingerprint density at radius 3 is 2.89 bits per heavy atom. The molecular weight excluding hydrogens is 444 g/mol. The molecule has 3 heterocycles.